The third-order valence-electron chi connectivity index (χ3n) is 6.55. The first-order valence-electron chi connectivity index (χ1n) is 12.0. The highest BCUT2D eigenvalue weighted by molar-refractivity contribution is 6.25. The van der Waals surface area contributed by atoms with Gasteiger partial charge in [-0.25, -0.2) is 0 Å². The molecule has 1 atom stereocenters. The number of unbranched alkanes of at least 4 members (excludes halogenated alkanes) is 1. The van der Waals surface area contributed by atoms with Crippen LogP contribution in [0.5, 0.6) is 0 Å². The van der Waals surface area contributed by atoms with Gasteiger partial charge in [-0.15, -0.1) is 0 Å². The molecule has 3 N–H and O–H groups in total. The normalized spacial score (nSPS) is 17.6. The summed E-state index contributed by atoms with van der Waals surface area (Å²) < 4.78 is 0. The highest BCUT2D eigenvalue weighted by Gasteiger charge is 2.45. The predicted molar refractivity (Wildman–Crippen MR) is 131 cm³/mol. The van der Waals surface area contributed by atoms with E-state index in [4.69, 9.17) is 0 Å². The van der Waals surface area contributed by atoms with Crippen LogP contribution < -0.4 is 16.0 Å². The Morgan fingerprint density at radius 1 is 1.06 bits per heavy atom. The SMILES string of the molecule is CC(C)(C(=O)NCCCCNc1cccc2c1C(=O)N(C1CCC(=O)NC1=O)C2=O)c1ccccn1. The monoisotopic (exact) mass is 491 g/mol. The summed E-state index contributed by atoms with van der Waals surface area (Å²) in [4.78, 5) is 67.6. The number of imide groups is 2. The van der Waals surface area contributed by atoms with Crippen LogP contribution in [0, 0.1) is 0 Å². The van der Waals surface area contributed by atoms with Gasteiger partial charge in [-0.1, -0.05) is 12.1 Å². The lowest BCUT2D eigenvalue weighted by atomic mass is 9.87. The summed E-state index contributed by atoms with van der Waals surface area (Å²) in [6.07, 6.45) is 3.28. The zero-order valence-electron chi connectivity index (χ0n) is 20.3. The second-order valence-corrected chi connectivity index (χ2v) is 9.41. The molecular formula is C26H29N5O5. The van der Waals surface area contributed by atoms with Crippen molar-refractivity contribution in [1.82, 2.24) is 20.5 Å². The van der Waals surface area contributed by atoms with Crippen LogP contribution in [-0.4, -0.2) is 58.6 Å². The maximum atomic E-state index is 13.1. The van der Waals surface area contributed by atoms with Crippen molar-refractivity contribution in [1.29, 1.82) is 0 Å². The third-order valence-corrected chi connectivity index (χ3v) is 6.55. The average Bonchev–Trinajstić information content (AvgIpc) is 3.12. The van der Waals surface area contributed by atoms with Crippen LogP contribution in [0.25, 0.3) is 0 Å². The molecule has 10 heteroatoms. The predicted octanol–water partition coefficient (Wildman–Crippen LogP) is 1.77. The first kappa shape index (κ1) is 25.0. The number of nitrogens with one attached hydrogen (secondary N) is 3. The minimum Gasteiger partial charge on any atom is -0.384 e. The molecule has 2 aliphatic rings. The first-order chi connectivity index (χ1) is 17.2. The Labute approximate surface area is 208 Å². The number of carbonyl (C=O) groups excluding carboxylic acids is 5. The van der Waals surface area contributed by atoms with Crippen molar-refractivity contribution in [2.75, 3.05) is 18.4 Å². The molecule has 36 heavy (non-hydrogen) atoms. The van der Waals surface area contributed by atoms with Gasteiger partial charge >= 0.3 is 0 Å². The lowest BCUT2D eigenvalue weighted by Gasteiger charge is -2.27. The van der Waals surface area contributed by atoms with E-state index in [0.29, 0.717) is 37.3 Å². The molecule has 2 aliphatic heterocycles. The van der Waals surface area contributed by atoms with E-state index in [2.05, 4.69) is 20.9 Å². The number of amides is 5. The molecular weight excluding hydrogens is 462 g/mol. The summed E-state index contributed by atoms with van der Waals surface area (Å²) in [6, 6.07) is 9.45. The number of hydrogen-bond donors (Lipinski definition) is 3. The molecule has 5 amide bonds. The van der Waals surface area contributed by atoms with Crippen molar-refractivity contribution in [3.8, 4) is 0 Å². The van der Waals surface area contributed by atoms with Crippen LogP contribution in [0.4, 0.5) is 5.69 Å². The lowest BCUT2D eigenvalue weighted by molar-refractivity contribution is -0.136. The summed E-state index contributed by atoms with van der Waals surface area (Å²) in [5.41, 5.74) is 0.941. The largest absolute Gasteiger partial charge is 0.384 e. The van der Waals surface area contributed by atoms with Crippen molar-refractivity contribution in [3.63, 3.8) is 0 Å². The fourth-order valence-corrected chi connectivity index (χ4v) is 4.41. The molecule has 1 aromatic carbocycles. The topological polar surface area (TPSA) is 138 Å². The van der Waals surface area contributed by atoms with Crippen molar-refractivity contribution in [2.45, 2.75) is 51.0 Å². The zero-order valence-corrected chi connectivity index (χ0v) is 20.3. The number of aromatic nitrogens is 1. The highest BCUT2D eigenvalue weighted by atomic mass is 16.2. The Hall–Kier alpha value is -4.08. The van der Waals surface area contributed by atoms with Gasteiger partial charge in [0.05, 0.1) is 22.2 Å². The Balaban J connectivity index is 1.30. The summed E-state index contributed by atoms with van der Waals surface area (Å²) in [5, 5.41) is 8.35. The molecule has 10 nitrogen and oxygen atoms in total. The Morgan fingerprint density at radius 2 is 1.83 bits per heavy atom. The van der Waals surface area contributed by atoms with Gasteiger partial charge in [0.1, 0.15) is 6.04 Å². The van der Waals surface area contributed by atoms with Gasteiger partial charge in [-0.3, -0.25) is 39.2 Å². The van der Waals surface area contributed by atoms with Crippen molar-refractivity contribution in [3.05, 3.63) is 59.4 Å². The maximum absolute atomic E-state index is 13.1. The Morgan fingerprint density at radius 3 is 2.56 bits per heavy atom. The third kappa shape index (κ3) is 4.84. The van der Waals surface area contributed by atoms with Crippen molar-refractivity contribution >= 4 is 35.2 Å². The molecule has 0 spiro atoms. The number of fused-ring (bicyclic) bond motifs is 1. The molecule has 0 radical (unpaired) electrons. The van der Waals surface area contributed by atoms with E-state index in [9.17, 15) is 24.0 Å². The molecule has 0 bridgehead atoms. The van der Waals surface area contributed by atoms with Gasteiger partial charge in [0, 0.05) is 31.4 Å². The van der Waals surface area contributed by atoms with Crippen LogP contribution in [-0.2, 0) is 19.8 Å². The van der Waals surface area contributed by atoms with E-state index < -0.39 is 35.1 Å². The van der Waals surface area contributed by atoms with Crippen LogP contribution in [0.3, 0.4) is 0 Å². The summed E-state index contributed by atoms with van der Waals surface area (Å²) in [7, 11) is 0. The molecule has 1 fully saturated rings. The average molecular weight is 492 g/mol. The maximum Gasteiger partial charge on any atom is 0.264 e. The number of nitrogens with zero attached hydrogens (tertiary/aromatic N) is 2. The van der Waals surface area contributed by atoms with Crippen molar-refractivity contribution in [2.24, 2.45) is 0 Å². The molecule has 0 saturated carbocycles. The van der Waals surface area contributed by atoms with E-state index in [1.807, 2.05) is 32.0 Å². The standard InChI is InChI=1S/C26H29N5O5/c1-26(2,19-10-3-4-14-28-19)25(36)29-15-6-5-13-27-17-9-7-8-16-21(17)24(35)31(23(16)34)18-11-12-20(32)30-22(18)33/h3-4,7-10,14,18,27H,5-6,11-13,15H2,1-2H3,(H,29,36)(H,30,32,33). The molecule has 1 unspecified atom stereocenters. The van der Waals surface area contributed by atoms with Gasteiger partial charge < -0.3 is 10.6 Å². The minimum absolute atomic E-state index is 0.0739. The molecule has 0 aliphatic carbocycles. The number of rotatable bonds is 9. The summed E-state index contributed by atoms with van der Waals surface area (Å²) in [6.45, 7) is 4.68. The smallest absolute Gasteiger partial charge is 0.264 e. The fourth-order valence-electron chi connectivity index (χ4n) is 4.41. The Kier molecular flexibility index (Phi) is 7.14. The van der Waals surface area contributed by atoms with Gasteiger partial charge in [0.25, 0.3) is 11.8 Å². The van der Waals surface area contributed by atoms with E-state index in [1.54, 1.807) is 24.4 Å². The molecule has 188 valence electrons. The number of anilines is 1. The second-order valence-electron chi connectivity index (χ2n) is 9.41. The fraction of sp³-hybridized carbons (Fsp3) is 0.385. The summed E-state index contributed by atoms with van der Waals surface area (Å²) in [5.74, 6) is -2.23. The number of pyridine rings is 1. The quantitative estimate of drug-likeness (QED) is 0.359. The zero-order chi connectivity index (χ0) is 25.9. The molecule has 1 aromatic heterocycles. The van der Waals surface area contributed by atoms with Crippen molar-refractivity contribution < 1.29 is 24.0 Å². The number of piperidine rings is 1. The first-order valence-corrected chi connectivity index (χ1v) is 12.0. The Bertz CT molecular complexity index is 1210. The van der Waals surface area contributed by atoms with Crippen LogP contribution in [0.1, 0.15) is 65.9 Å². The molecule has 3 heterocycles. The molecule has 4 rings (SSSR count). The summed E-state index contributed by atoms with van der Waals surface area (Å²) >= 11 is 0. The van der Waals surface area contributed by atoms with Gasteiger partial charge in [-0.2, -0.15) is 0 Å². The van der Waals surface area contributed by atoms with E-state index in [0.717, 1.165) is 4.90 Å². The lowest BCUT2D eigenvalue weighted by Crippen LogP contribution is -2.54. The number of carbonyl (C=O) groups is 5. The second kappa shape index (κ2) is 10.3. The molecule has 2 aromatic rings. The van der Waals surface area contributed by atoms with Crippen LogP contribution in [0.15, 0.2) is 42.6 Å². The highest BCUT2D eigenvalue weighted by Crippen LogP contribution is 2.32. The number of benzene rings is 1. The van der Waals surface area contributed by atoms with E-state index in [1.165, 1.54) is 0 Å². The van der Waals surface area contributed by atoms with Crippen LogP contribution >= 0.6 is 0 Å². The van der Waals surface area contributed by atoms with Crippen LogP contribution in [0.2, 0.25) is 0 Å². The van der Waals surface area contributed by atoms with E-state index in [-0.39, 0.29) is 29.9 Å². The minimum atomic E-state index is -0.998. The number of hydrogen-bond acceptors (Lipinski definition) is 7. The van der Waals surface area contributed by atoms with Gasteiger partial charge in [0.2, 0.25) is 17.7 Å². The molecule has 1 saturated heterocycles. The van der Waals surface area contributed by atoms with Gasteiger partial charge in [-0.05, 0) is 57.4 Å². The van der Waals surface area contributed by atoms with E-state index >= 15 is 0 Å². The van der Waals surface area contributed by atoms with Gasteiger partial charge in [0.15, 0.2) is 0 Å².